The van der Waals surface area contributed by atoms with Gasteiger partial charge < -0.3 is 5.32 Å². The maximum atomic E-state index is 11.4. The Morgan fingerprint density at radius 3 is 3.00 bits per heavy atom. The molecule has 1 aromatic rings. The van der Waals surface area contributed by atoms with E-state index in [1.165, 1.54) is 21.2 Å². The summed E-state index contributed by atoms with van der Waals surface area (Å²) in [7, 11) is 1.68. The van der Waals surface area contributed by atoms with Crippen LogP contribution in [0.4, 0.5) is 0 Å². The highest BCUT2D eigenvalue weighted by atomic mass is 79.9. The Kier molecular flexibility index (Phi) is 3.84. The van der Waals surface area contributed by atoms with E-state index in [4.69, 9.17) is 0 Å². The highest BCUT2D eigenvalue weighted by Gasteiger charge is 2.19. The Labute approximate surface area is 110 Å². The highest BCUT2D eigenvalue weighted by molar-refractivity contribution is 9.10. The molecule has 0 fully saturated rings. The van der Waals surface area contributed by atoms with Crippen LogP contribution in [0, 0.1) is 6.92 Å². The zero-order chi connectivity index (χ0) is 12.4. The number of carbonyl (C=O) groups is 1. The van der Waals surface area contributed by atoms with Crippen molar-refractivity contribution in [1.29, 1.82) is 0 Å². The molecular formula is C13H17BrN2O. The van der Waals surface area contributed by atoms with E-state index in [1.54, 1.807) is 7.05 Å². The fourth-order valence-electron chi connectivity index (χ4n) is 2.27. The molecule has 0 bridgehead atoms. The molecule has 1 amide bonds. The highest BCUT2D eigenvalue weighted by Crippen LogP contribution is 2.27. The second kappa shape index (κ2) is 5.19. The third kappa shape index (κ3) is 2.87. The number of aryl methyl sites for hydroxylation is 1. The van der Waals surface area contributed by atoms with Crippen molar-refractivity contribution in [3.05, 3.63) is 33.3 Å². The van der Waals surface area contributed by atoms with Crippen molar-refractivity contribution < 1.29 is 4.79 Å². The molecule has 1 aromatic carbocycles. The molecule has 0 saturated carbocycles. The first-order chi connectivity index (χ1) is 8.10. The second-order valence-electron chi connectivity index (χ2n) is 4.52. The standard InChI is InChI=1S/C13H17BrN2O/c1-9-5-10-7-16(8-13(17)15-2)4-3-11(10)12(14)6-9/h5-6H,3-4,7-8H2,1-2H3,(H,15,17). The van der Waals surface area contributed by atoms with Gasteiger partial charge in [-0.25, -0.2) is 0 Å². The van der Waals surface area contributed by atoms with Gasteiger partial charge in [0.2, 0.25) is 5.91 Å². The van der Waals surface area contributed by atoms with Crippen LogP contribution in [0.5, 0.6) is 0 Å². The summed E-state index contributed by atoms with van der Waals surface area (Å²) in [4.78, 5) is 13.6. The van der Waals surface area contributed by atoms with Crippen molar-refractivity contribution in [3.63, 3.8) is 0 Å². The van der Waals surface area contributed by atoms with Crippen LogP contribution in [-0.4, -0.2) is 30.9 Å². The third-order valence-electron chi connectivity index (χ3n) is 3.15. The van der Waals surface area contributed by atoms with E-state index in [0.29, 0.717) is 6.54 Å². The minimum absolute atomic E-state index is 0.0835. The Morgan fingerprint density at radius 1 is 1.53 bits per heavy atom. The summed E-state index contributed by atoms with van der Waals surface area (Å²) in [5, 5.41) is 2.67. The molecular weight excluding hydrogens is 280 g/mol. The molecule has 1 N–H and O–H groups in total. The molecule has 0 saturated heterocycles. The van der Waals surface area contributed by atoms with Gasteiger partial charge in [-0.05, 0) is 36.1 Å². The zero-order valence-electron chi connectivity index (χ0n) is 10.2. The molecule has 0 aromatic heterocycles. The molecule has 0 radical (unpaired) electrons. The molecule has 92 valence electrons. The van der Waals surface area contributed by atoms with Gasteiger partial charge in [-0.15, -0.1) is 0 Å². The van der Waals surface area contributed by atoms with Crippen LogP contribution < -0.4 is 5.32 Å². The van der Waals surface area contributed by atoms with Gasteiger partial charge in [-0.3, -0.25) is 9.69 Å². The van der Waals surface area contributed by atoms with Crippen LogP contribution in [0.25, 0.3) is 0 Å². The minimum Gasteiger partial charge on any atom is -0.358 e. The van der Waals surface area contributed by atoms with Crippen molar-refractivity contribution in [3.8, 4) is 0 Å². The maximum Gasteiger partial charge on any atom is 0.233 e. The lowest BCUT2D eigenvalue weighted by atomic mass is 9.98. The SMILES string of the molecule is CNC(=O)CN1CCc2c(Br)cc(C)cc2C1. The lowest BCUT2D eigenvalue weighted by Crippen LogP contribution is -2.38. The summed E-state index contributed by atoms with van der Waals surface area (Å²) in [6.45, 7) is 4.40. The molecule has 1 aliphatic heterocycles. The lowest BCUT2D eigenvalue weighted by Gasteiger charge is -2.29. The first kappa shape index (κ1) is 12.6. The predicted molar refractivity (Wildman–Crippen MR) is 71.9 cm³/mol. The topological polar surface area (TPSA) is 32.3 Å². The van der Waals surface area contributed by atoms with Crippen molar-refractivity contribution in [2.24, 2.45) is 0 Å². The number of halogens is 1. The minimum atomic E-state index is 0.0835. The summed E-state index contributed by atoms with van der Waals surface area (Å²) < 4.78 is 1.20. The van der Waals surface area contributed by atoms with Crippen molar-refractivity contribution in [2.75, 3.05) is 20.1 Å². The van der Waals surface area contributed by atoms with Gasteiger partial charge in [0.25, 0.3) is 0 Å². The third-order valence-corrected chi connectivity index (χ3v) is 3.86. The summed E-state index contributed by atoms with van der Waals surface area (Å²) in [5.74, 6) is 0.0835. The van der Waals surface area contributed by atoms with Crippen molar-refractivity contribution in [2.45, 2.75) is 19.9 Å². The van der Waals surface area contributed by atoms with E-state index in [9.17, 15) is 4.79 Å². The van der Waals surface area contributed by atoms with E-state index < -0.39 is 0 Å². The molecule has 1 heterocycles. The van der Waals surface area contributed by atoms with Crippen LogP contribution >= 0.6 is 15.9 Å². The number of benzene rings is 1. The Morgan fingerprint density at radius 2 is 2.29 bits per heavy atom. The summed E-state index contributed by atoms with van der Waals surface area (Å²) in [5.41, 5.74) is 3.99. The first-order valence-corrected chi connectivity index (χ1v) is 6.60. The number of nitrogens with zero attached hydrogens (tertiary/aromatic N) is 1. The number of hydrogen-bond donors (Lipinski definition) is 1. The zero-order valence-corrected chi connectivity index (χ0v) is 11.8. The summed E-state index contributed by atoms with van der Waals surface area (Å²) in [6, 6.07) is 4.38. The van der Waals surface area contributed by atoms with Gasteiger partial charge in [-0.1, -0.05) is 22.0 Å². The number of likely N-dealkylation sites (N-methyl/N-ethyl adjacent to an activating group) is 1. The van der Waals surface area contributed by atoms with Gasteiger partial charge in [0.15, 0.2) is 0 Å². The Balaban J connectivity index is 2.15. The van der Waals surface area contributed by atoms with E-state index in [-0.39, 0.29) is 5.91 Å². The quantitative estimate of drug-likeness (QED) is 0.904. The molecule has 0 aliphatic carbocycles. The molecule has 0 atom stereocenters. The van der Waals surface area contributed by atoms with Crippen LogP contribution in [-0.2, 0) is 17.8 Å². The average Bonchev–Trinajstić information content (AvgIpc) is 2.28. The monoisotopic (exact) mass is 296 g/mol. The van der Waals surface area contributed by atoms with Gasteiger partial charge in [0.1, 0.15) is 0 Å². The average molecular weight is 297 g/mol. The van der Waals surface area contributed by atoms with Crippen LogP contribution in [0.3, 0.4) is 0 Å². The Hall–Kier alpha value is -0.870. The van der Waals surface area contributed by atoms with Gasteiger partial charge in [-0.2, -0.15) is 0 Å². The van der Waals surface area contributed by atoms with Crippen LogP contribution in [0.1, 0.15) is 16.7 Å². The number of carbonyl (C=O) groups excluding carboxylic acids is 1. The summed E-state index contributed by atoms with van der Waals surface area (Å²) >= 11 is 3.62. The van der Waals surface area contributed by atoms with E-state index >= 15 is 0 Å². The normalized spacial score (nSPS) is 15.5. The molecule has 0 spiro atoms. The molecule has 1 aliphatic rings. The van der Waals surface area contributed by atoms with Crippen molar-refractivity contribution >= 4 is 21.8 Å². The molecule has 2 rings (SSSR count). The smallest absolute Gasteiger partial charge is 0.233 e. The number of nitrogens with one attached hydrogen (secondary N) is 1. The van der Waals surface area contributed by atoms with E-state index in [1.807, 2.05) is 0 Å². The largest absolute Gasteiger partial charge is 0.358 e. The van der Waals surface area contributed by atoms with Crippen molar-refractivity contribution in [1.82, 2.24) is 10.2 Å². The fourth-order valence-corrected chi connectivity index (χ4v) is 3.09. The molecule has 0 unspecified atom stereocenters. The lowest BCUT2D eigenvalue weighted by molar-refractivity contribution is -0.121. The first-order valence-electron chi connectivity index (χ1n) is 5.81. The molecule has 3 nitrogen and oxygen atoms in total. The Bertz CT molecular complexity index is 445. The van der Waals surface area contributed by atoms with Gasteiger partial charge >= 0.3 is 0 Å². The van der Waals surface area contributed by atoms with Crippen LogP contribution in [0.2, 0.25) is 0 Å². The number of amides is 1. The number of rotatable bonds is 2. The predicted octanol–water partition coefficient (Wildman–Crippen LogP) is 1.86. The van der Waals surface area contributed by atoms with Crippen LogP contribution in [0.15, 0.2) is 16.6 Å². The van der Waals surface area contributed by atoms with E-state index in [2.05, 4.69) is 45.2 Å². The number of hydrogen-bond acceptors (Lipinski definition) is 2. The van der Waals surface area contributed by atoms with Gasteiger partial charge in [0, 0.05) is 24.6 Å². The molecule has 4 heteroatoms. The van der Waals surface area contributed by atoms with E-state index in [0.717, 1.165) is 19.5 Å². The maximum absolute atomic E-state index is 11.4. The number of fused-ring (bicyclic) bond motifs is 1. The second-order valence-corrected chi connectivity index (χ2v) is 5.37. The van der Waals surface area contributed by atoms with Gasteiger partial charge in [0.05, 0.1) is 6.54 Å². The molecule has 17 heavy (non-hydrogen) atoms. The summed E-state index contributed by atoms with van der Waals surface area (Å²) in [6.07, 6.45) is 1.01. The fraction of sp³-hybridized carbons (Fsp3) is 0.462.